The maximum Gasteiger partial charge on any atom is 0.308 e. The normalized spacial score (nSPS) is 14.6. The molecule has 0 heterocycles. The molecule has 0 saturated carbocycles. The molecule has 0 fully saturated rings. The second-order valence-corrected chi connectivity index (χ2v) is 6.63. The van der Waals surface area contributed by atoms with Crippen molar-refractivity contribution in [2.24, 2.45) is 5.92 Å². The average molecular weight is 331 g/mol. The number of rotatable bonds is 7. The Bertz CT molecular complexity index is 638. The van der Waals surface area contributed by atoms with Crippen molar-refractivity contribution in [2.45, 2.75) is 45.4 Å². The molecular weight excluding hydrogens is 306 g/mol. The van der Waals surface area contributed by atoms with E-state index in [4.69, 9.17) is 5.11 Å². The highest BCUT2D eigenvalue weighted by molar-refractivity contribution is 5.98. The van der Waals surface area contributed by atoms with E-state index in [9.17, 15) is 14.4 Å². The van der Waals surface area contributed by atoms with Crippen molar-refractivity contribution in [1.29, 1.82) is 0 Å². The molecule has 1 aliphatic rings. The topological polar surface area (TPSA) is 74.7 Å². The molecule has 1 amide bonds. The van der Waals surface area contributed by atoms with Crippen molar-refractivity contribution in [2.75, 3.05) is 13.6 Å². The molecule has 1 aliphatic carbocycles. The molecule has 1 atom stereocenters. The number of carbonyl (C=O) groups is 3. The van der Waals surface area contributed by atoms with Gasteiger partial charge in [-0.1, -0.05) is 19.1 Å². The quantitative estimate of drug-likeness (QED) is 0.780. The first kappa shape index (κ1) is 18.2. The van der Waals surface area contributed by atoms with Gasteiger partial charge in [-0.15, -0.1) is 0 Å². The van der Waals surface area contributed by atoms with Crippen molar-refractivity contribution in [3.63, 3.8) is 0 Å². The summed E-state index contributed by atoms with van der Waals surface area (Å²) in [6, 6.07) is 5.86. The molecule has 5 heteroatoms. The Morgan fingerprint density at radius 3 is 2.46 bits per heavy atom. The predicted octanol–water partition coefficient (Wildman–Crippen LogP) is 2.71. The van der Waals surface area contributed by atoms with E-state index in [0.717, 1.165) is 19.3 Å². The van der Waals surface area contributed by atoms with E-state index in [-0.39, 0.29) is 31.1 Å². The van der Waals surface area contributed by atoms with Gasteiger partial charge < -0.3 is 10.0 Å². The maximum atomic E-state index is 12.3. The van der Waals surface area contributed by atoms with Crippen LogP contribution in [0.5, 0.6) is 0 Å². The molecule has 0 spiro atoms. The van der Waals surface area contributed by atoms with Crippen molar-refractivity contribution < 1.29 is 19.5 Å². The monoisotopic (exact) mass is 331 g/mol. The number of aryl methyl sites for hydroxylation is 2. The largest absolute Gasteiger partial charge is 0.481 e. The van der Waals surface area contributed by atoms with Crippen molar-refractivity contribution in [3.05, 3.63) is 34.9 Å². The summed E-state index contributed by atoms with van der Waals surface area (Å²) in [4.78, 5) is 36.6. The van der Waals surface area contributed by atoms with Gasteiger partial charge in [0.15, 0.2) is 5.78 Å². The Morgan fingerprint density at radius 1 is 1.12 bits per heavy atom. The first-order chi connectivity index (χ1) is 11.4. The first-order valence-electron chi connectivity index (χ1n) is 8.50. The fourth-order valence-electron chi connectivity index (χ4n) is 3.05. The lowest BCUT2D eigenvalue weighted by Crippen LogP contribution is -2.33. The summed E-state index contributed by atoms with van der Waals surface area (Å²) in [5.74, 6) is -1.78. The van der Waals surface area contributed by atoms with Gasteiger partial charge in [-0.25, -0.2) is 0 Å². The van der Waals surface area contributed by atoms with Crippen LogP contribution < -0.4 is 0 Å². The van der Waals surface area contributed by atoms with Crippen molar-refractivity contribution >= 4 is 17.7 Å². The molecule has 24 heavy (non-hydrogen) atoms. The molecule has 1 aromatic carbocycles. The number of aliphatic carboxylic acids is 1. The average Bonchev–Trinajstić information content (AvgIpc) is 2.58. The number of benzene rings is 1. The summed E-state index contributed by atoms with van der Waals surface area (Å²) in [7, 11) is 1.57. The highest BCUT2D eigenvalue weighted by atomic mass is 16.4. The lowest BCUT2D eigenvalue weighted by Gasteiger charge is -2.19. The van der Waals surface area contributed by atoms with Crippen molar-refractivity contribution in [1.82, 2.24) is 4.90 Å². The van der Waals surface area contributed by atoms with Crippen LogP contribution in [0.2, 0.25) is 0 Å². The number of carboxylic acids is 1. The van der Waals surface area contributed by atoms with Crippen LogP contribution in [-0.4, -0.2) is 41.3 Å². The zero-order valence-electron chi connectivity index (χ0n) is 14.4. The zero-order chi connectivity index (χ0) is 17.7. The van der Waals surface area contributed by atoms with Gasteiger partial charge >= 0.3 is 5.97 Å². The lowest BCUT2D eigenvalue weighted by atomic mass is 9.89. The molecule has 0 saturated heterocycles. The Morgan fingerprint density at radius 2 is 1.79 bits per heavy atom. The van der Waals surface area contributed by atoms with Gasteiger partial charge in [0, 0.05) is 32.0 Å². The van der Waals surface area contributed by atoms with E-state index in [0.29, 0.717) is 5.56 Å². The highest BCUT2D eigenvalue weighted by Gasteiger charge is 2.19. The minimum atomic E-state index is -0.931. The van der Waals surface area contributed by atoms with E-state index in [1.54, 1.807) is 14.0 Å². The van der Waals surface area contributed by atoms with Crippen LogP contribution in [0.1, 0.15) is 54.1 Å². The molecule has 0 bridgehead atoms. The third kappa shape index (κ3) is 4.66. The number of Topliss-reactive ketones (excluding diaryl/α,β-unsaturated/α-hetero) is 1. The molecule has 2 rings (SSSR count). The summed E-state index contributed by atoms with van der Waals surface area (Å²) in [6.07, 6.45) is 4.73. The van der Waals surface area contributed by atoms with E-state index >= 15 is 0 Å². The lowest BCUT2D eigenvalue weighted by molar-refractivity contribution is -0.142. The third-order valence-electron chi connectivity index (χ3n) is 4.63. The van der Waals surface area contributed by atoms with Gasteiger partial charge in [-0.05, 0) is 42.9 Å². The van der Waals surface area contributed by atoms with Gasteiger partial charge in [-0.2, -0.15) is 0 Å². The second-order valence-electron chi connectivity index (χ2n) is 6.63. The zero-order valence-corrected chi connectivity index (χ0v) is 14.4. The predicted molar refractivity (Wildman–Crippen MR) is 91.1 cm³/mol. The molecule has 130 valence electrons. The molecule has 1 aromatic rings. The minimum Gasteiger partial charge on any atom is -0.481 e. The number of carboxylic acid groups (broad SMARTS) is 1. The Balaban J connectivity index is 1.88. The SMILES string of the molecule is CC(CN(C)C(=O)CCC(=O)c1ccc2c(c1)CCCC2)C(=O)O. The Hall–Kier alpha value is -2.17. The molecule has 0 aliphatic heterocycles. The summed E-state index contributed by atoms with van der Waals surface area (Å²) >= 11 is 0. The first-order valence-corrected chi connectivity index (χ1v) is 8.50. The standard InChI is InChI=1S/C19H25NO4/c1-13(19(23)24)12-20(2)18(22)10-9-17(21)16-8-7-14-5-3-4-6-15(14)11-16/h7-8,11,13H,3-6,9-10,12H2,1-2H3,(H,23,24). The summed E-state index contributed by atoms with van der Waals surface area (Å²) < 4.78 is 0. The fraction of sp³-hybridized carbons (Fsp3) is 0.526. The van der Waals surface area contributed by atoms with Gasteiger partial charge in [0.25, 0.3) is 0 Å². The molecule has 1 N–H and O–H groups in total. The van der Waals surface area contributed by atoms with Crippen LogP contribution in [-0.2, 0) is 22.4 Å². The van der Waals surface area contributed by atoms with Crippen LogP contribution in [0.25, 0.3) is 0 Å². The maximum absolute atomic E-state index is 12.3. The van der Waals surface area contributed by atoms with Gasteiger partial charge in [0.2, 0.25) is 5.91 Å². The molecule has 0 aromatic heterocycles. The fourth-order valence-corrected chi connectivity index (χ4v) is 3.05. The highest BCUT2D eigenvalue weighted by Crippen LogP contribution is 2.23. The van der Waals surface area contributed by atoms with E-state index in [2.05, 4.69) is 0 Å². The summed E-state index contributed by atoms with van der Waals surface area (Å²) in [6.45, 7) is 1.71. The second kappa shape index (κ2) is 8.08. The Labute approximate surface area is 142 Å². The number of fused-ring (bicyclic) bond motifs is 1. The number of ketones is 1. The molecule has 5 nitrogen and oxygen atoms in total. The van der Waals surface area contributed by atoms with Crippen LogP contribution in [0.4, 0.5) is 0 Å². The smallest absolute Gasteiger partial charge is 0.308 e. The van der Waals surface area contributed by atoms with Gasteiger partial charge in [0.05, 0.1) is 5.92 Å². The molecular formula is C19H25NO4. The molecule has 1 unspecified atom stereocenters. The van der Waals surface area contributed by atoms with E-state index < -0.39 is 11.9 Å². The third-order valence-corrected chi connectivity index (χ3v) is 4.63. The number of hydrogen-bond donors (Lipinski definition) is 1. The van der Waals surface area contributed by atoms with Gasteiger partial charge in [0.1, 0.15) is 0 Å². The van der Waals surface area contributed by atoms with Gasteiger partial charge in [-0.3, -0.25) is 14.4 Å². The number of nitrogens with zero attached hydrogens (tertiary/aromatic N) is 1. The number of amides is 1. The van der Waals surface area contributed by atoms with Crippen LogP contribution in [0.15, 0.2) is 18.2 Å². The number of carbonyl (C=O) groups excluding carboxylic acids is 2. The van der Waals surface area contributed by atoms with Crippen molar-refractivity contribution in [3.8, 4) is 0 Å². The van der Waals surface area contributed by atoms with E-state index in [1.165, 1.54) is 22.4 Å². The summed E-state index contributed by atoms with van der Waals surface area (Å²) in [5.41, 5.74) is 3.26. The summed E-state index contributed by atoms with van der Waals surface area (Å²) in [5, 5.41) is 8.88. The van der Waals surface area contributed by atoms with E-state index in [1.807, 2.05) is 18.2 Å². The van der Waals surface area contributed by atoms with Crippen LogP contribution in [0.3, 0.4) is 0 Å². The Kier molecular flexibility index (Phi) is 6.12. The molecule has 0 radical (unpaired) electrons. The number of hydrogen-bond acceptors (Lipinski definition) is 3. The minimum absolute atomic E-state index is 0.0311. The van der Waals surface area contributed by atoms with Crippen LogP contribution >= 0.6 is 0 Å². The van der Waals surface area contributed by atoms with Crippen LogP contribution in [0, 0.1) is 5.92 Å².